The molecule has 0 saturated carbocycles. The van der Waals surface area contributed by atoms with Crippen molar-refractivity contribution in [2.45, 2.75) is 19.3 Å². The van der Waals surface area contributed by atoms with Gasteiger partial charge in [0.25, 0.3) is 0 Å². The summed E-state index contributed by atoms with van der Waals surface area (Å²) in [7, 11) is 3.76. The molecule has 0 radical (unpaired) electrons. The molecule has 122 valence electrons. The summed E-state index contributed by atoms with van der Waals surface area (Å²) in [4.78, 5) is 16.0. The number of aryl methyl sites for hydroxylation is 1. The van der Waals surface area contributed by atoms with Crippen molar-refractivity contribution in [2.24, 2.45) is 0 Å². The van der Waals surface area contributed by atoms with Gasteiger partial charge in [0.05, 0.1) is 0 Å². The molecule has 2 aromatic carbocycles. The molecule has 0 bridgehead atoms. The van der Waals surface area contributed by atoms with Crippen LogP contribution in [0.4, 0.5) is 4.79 Å². The van der Waals surface area contributed by atoms with E-state index in [0.717, 1.165) is 32.4 Å². The Morgan fingerprint density at radius 2 is 1.22 bits per heavy atom. The molecule has 0 unspecified atom stereocenters. The molecule has 0 aliphatic heterocycles. The highest BCUT2D eigenvalue weighted by molar-refractivity contribution is 5.73. The third-order valence-electron chi connectivity index (χ3n) is 4.03. The number of amides is 2. The van der Waals surface area contributed by atoms with Crippen molar-refractivity contribution >= 4 is 6.03 Å². The maximum Gasteiger partial charge on any atom is 0.319 e. The van der Waals surface area contributed by atoms with Crippen LogP contribution in [0.1, 0.15) is 17.5 Å². The molecule has 0 fully saturated rings. The van der Waals surface area contributed by atoms with Gasteiger partial charge in [0.2, 0.25) is 0 Å². The zero-order valence-corrected chi connectivity index (χ0v) is 14.1. The van der Waals surface area contributed by atoms with E-state index in [4.69, 9.17) is 0 Å². The van der Waals surface area contributed by atoms with Crippen LogP contribution in [0.5, 0.6) is 0 Å². The lowest BCUT2D eigenvalue weighted by Crippen LogP contribution is -2.40. The van der Waals surface area contributed by atoms with E-state index in [-0.39, 0.29) is 6.03 Å². The quantitative estimate of drug-likeness (QED) is 0.762. The van der Waals surface area contributed by atoms with Crippen molar-refractivity contribution in [1.29, 1.82) is 0 Å². The second kappa shape index (κ2) is 8.99. The van der Waals surface area contributed by atoms with Gasteiger partial charge in [-0.2, -0.15) is 0 Å². The molecule has 3 heteroatoms. The van der Waals surface area contributed by atoms with Crippen molar-refractivity contribution in [1.82, 2.24) is 9.80 Å². The highest BCUT2D eigenvalue weighted by Gasteiger charge is 2.13. The van der Waals surface area contributed by atoms with Gasteiger partial charge in [-0.25, -0.2) is 4.79 Å². The standard InChI is InChI=1S/C20H26N2O/c1-21(16-9-14-18-10-5-3-6-11-18)20(23)22(2)17-15-19-12-7-4-8-13-19/h3-8,10-13H,9,14-17H2,1-2H3. The SMILES string of the molecule is CN(CCCc1ccccc1)C(=O)N(C)CCc1ccccc1. The van der Waals surface area contributed by atoms with Gasteiger partial charge in [-0.15, -0.1) is 0 Å². The van der Waals surface area contributed by atoms with E-state index < -0.39 is 0 Å². The predicted molar refractivity (Wildman–Crippen MR) is 95.6 cm³/mol. The molecule has 0 heterocycles. The molecular weight excluding hydrogens is 284 g/mol. The summed E-state index contributed by atoms with van der Waals surface area (Å²) in [6.07, 6.45) is 2.88. The normalized spacial score (nSPS) is 10.3. The van der Waals surface area contributed by atoms with E-state index in [1.54, 1.807) is 4.90 Å². The first kappa shape index (κ1) is 17.1. The number of likely N-dealkylation sites (N-methyl/N-ethyl adjacent to an activating group) is 1. The molecule has 23 heavy (non-hydrogen) atoms. The molecule has 0 atom stereocenters. The van der Waals surface area contributed by atoms with Crippen molar-refractivity contribution in [3.05, 3.63) is 71.8 Å². The van der Waals surface area contributed by atoms with Crippen molar-refractivity contribution in [3.8, 4) is 0 Å². The maximum absolute atomic E-state index is 12.4. The van der Waals surface area contributed by atoms with Crippen LogP contribution in [0.2, 0.25) is 0 Å². The topological polar surface area (TPSA) is 23.6 Å². The molecule has 0 aromatic heterocycles. The molecule has 0 spiro atoms. The summed E-state index contributed by atoms with van der Waals surface area (Å²) < 4.78 is 0. The molecule has 2 rings (SSSR count). The van der Waals surface area contributed by atoms with E-state index >= 15 is 0 Å². The number of carbonyl (C=O) groups excluding carboxylic acids is 1. The zero-order chi connectivity index (χ0) is 16.5. The van der Waals surface area contributed by atoms with Crippen LogP contribution in [-0.2, 0) is 12.8 Å². The second-order valence-corrected chi connectivity index (χ2v) is 5.95. The highest BCUT2D eigenvalue weighted by Crippen LogP contribution is 2.05. The molecule has 0 saturated heterocycles. The fourth-order valence-electron chi connectivity index (χ4n) is 2.59. The smallest absolute Gasteiger partial charge is 0.319 e. The average Bonchev–Trinajstić information content (AvgIpc) is 2.60. The summed E-state index contributed by atoms with van der Waals surface area (Å²) in [5.41, 5.74) is 2.59. The fourth-order valence-corrected chi connectivity index (χ4v) is 2.59. The Morgan fingerprint density at radius 3 is 1.78 bits per heavy atom. The Morgan fingerprint density at radius 1 is 0.739 bits per heavy atom. The Balaban J connectivity index is 1.71. The molecule has 2 amide bonds. The zero-order valence-electron chi connectivity index (χ0n) is 14.1. The summed E-state index contributed by atoms with van der Waals surface area (Å²) in [6, 6.07) is 20.8. The molecule has 3 nitrogen and oxygen atoms in total. The van der Waals surface area contributed by atoms with Gasteiger partial charge in [0.1, 0.15) is 0 Å². The number of hydrogen-bond acceptors (Lipinski definition) is 1. The van der Waals surface area contributed by atoms with Gasteiger partial charge in [0.15, 0.2) is 0 Å². The predicted octanol–water partition coefficient (Wildman–Crippen LogP) is 3.85. The van der Waals surface area contributed by atoms with E-state index in [1.807, 2.05) is 43.3 Å². The van der Waals surface area contributed by atoms with Gasteiger partial charge >= 0.3 is 6.03 Å². The van der Waals surface area contributed by atoms with Crippen molar-refractivity contribution in [3.63, 3.8) is 0 Å². The first-order valence-electron chi connectivity index (χ1n) is 8.21. The van der Waals surface area contributed by atoms with Crippen LogP contribution in [-0.4, -0.2) is 43.0 Å². The third kappa shape index (κ3) is 5.78. The number of hydrogen-bond donors (Lipinski definition) is 0. The first-order chi connectivity index (χ1) is 11.2. The lowest BCUT2D eigenvalue weighted by Gasteiger charge is -2.25. The van der Waals surface area contributed by atoms with Crippen LogP contribution in [0.25, 0.3) is 0 Å². The highest BCUT2D eigenvalue weighted by atomic mass is 16.2. The van der Waals surface area contributed by atoms with Gasteiger partial charge in [0, 0.05) is 27.2 Å². The minimum atomic E-state index is 0.0917. The number of benzene rings is 2. The Kier molecular flexibility index (Phi) is 6.67. The minimum Gasteiger partial charge on any atom is -0.328 e. The van der Waals surface area contributed by atoms with E-state index in [0.29, 0.717) is 0 Å². The van der Waals surface area contributed by atoms with Gasteiger partial charge in [-0.3, -0.25) is 0 Å². The van der Waals surface area contributed by atoms with Crippen LogP contribution in [0.15, 0.2) is 60.7 Å². The van der Waals surface area contributed by atoms with E-state index in [2.05, 4.69) is 36.4 Å². The molecular formula is C20H26N2O. The van der Waals surface area contributed by atoms with Crippen LogP contribution in [0.3, 0.4) is 0 Å². The summed E-state index contributed by atoms with van der Waals surface area (Å²) >= 11 is 0. The van der Waals surface area contributed by atoms with E-state index in [9.17, 15) is 4.79 Å². The monoisotopic (exact) mass is 310 g/mol. The lowest BCUT2D eigenvalue weighted by molar-refractivity contribution is 0.173. The molecule has 0 N–H and O–H groups in total. The van der Waals surface area contributed by atoms with Gasteiger partial charge in [-0.1, -0.05) is 60.7 Å². The second-order valence-electron chi connectivity index (χ2n) is 5.95. The largest absolute Gasteiger partial charge is 0.328 e. The van der Waals surface area contributed by atoms with E-state index in [1.165, 1.54) is 11.1 Å². The van der Waals surface area contributed by atoms with Crippen molar-refractivity contribution < 1.29 is 4.79 Å². The Hall–Kier alpha value is -2.29. The Labute approximate surface area is 139 Å². The number of rotatable bonds is 7. The maximum atomic E-state index is 12.4. The fraction of sp³-hybridized carbons (Fsp3) is 0.350. The Bertz CT molecular complexity index is 583. The summed E-state index contributed by atoms with van der Waals surface area (Å²) in [5.74, 6) is 0. The molecule has 2 aromatic rings. The third-order valence-corrected chi connectivity index (χ3v) is 4.03. The van der Waals surface area contributed by atoms with Crippen LogP contribution < -0.4 is 0 Å². The summed E-state index contributed by atoms with van der Waals surface area (Å²) in [6.45, 7) is 1.52. The average molecular weight is 310 g/mol. The molecule has 0 aliphatic carbocycles. The van der Waals surface area contributed by atoms with Crippen molar-refractivity contribution in [2.75, 3.05) is 27.2 Å². The van der Waals surface area contributed by atoms with Gasteiger partial charge in [-0.05, 0) is 30.4 Å². The molecule has 0 aliphatic rings. The van der Waals surface area contributed by atoms with Crippen LogP contribution >= 0.6 is 0 Å². The lowest BCUT2D eigenvalue weighted by atomic mass is 10.1. The number of carbonyl (C=O) groups is 1. The first-order valence-corrected chi connectivity index (χ1v) is 8.21. The van der Waals surface area contributed by atoms with Gasteiger partial charge < -0.3 is 9.80 Å². The number of nitrogens with zero attached hydrogens (tertiary/aromatic N) is 2. The number of urea groups is 1. The van der Waals surface area contributed by atoms with Crippen LogP contribution in [0, 0.1) is 0 Å². The minimum absolute atomic E-state index is 0.0917. The summed E-state index contributed by atoms with van der Waals surface area (Å²) in [5, 5.41) is 0.